The van der Waals surface area contributed by atoms with Crippen molar-refractivity contribution in [3.8, 4) is 23.0 Å². The number of para-hydroxylation sites is 2. The molecule has 1 aliphatic carbocycles. The highest BCUT2D eigenvalue weighted by Gasteiger charge is 2.25. The molecule has 0 unspecified atom stereocenters. The number of carboxylic acid groups (broad SMARTS) is 2. The summed E-state index contributed by atoms with van der Waals surface area (Å²) in [7, 11) is 0. The third kappa shape index (κ3) is 9.35. The van der Waals surface area contributed by atoms with Gasteiger partial charge in [-0.15, -0.1) is 0 Å². The Kier molecular flexibility index (Phi) is 12.7. The van der Waals surface area contributed by atoms with E-state index >= 15 is 0 Å². The lowest BCUT2D eigenvalue weighted by molar-refractivity contribution is 0.0685. The Labute approximate surface area is 339 Å². The molecule has 6 aromatic rings. The molecule has 1 aliphatic rings. The molecule has 0 radical (unpaired) electrons. The number of aromatic carboxylic acids is 2. The van der Waals surface area contributed by atoms with Crippen LogP contribution in [0.15, 0.2) is 121 Å². The minimum atomic E-state index is -1.03. The van der Waals surface area contributed by atoms with E-state index in [2.05, 4.69) is 0 Å². The molecule has 0 fully saturated rings. The maximum atomic E-state index is 12.8. The standard InChI is InChI=1S/C50H48O8/c1-3-21-55-47-39-23-35-17-11-19-37(45(35)57-31-33-13-7-5-8-14-33)25-41-29-44(50(53)54)30-42(48(41)56-22-4-2)26-38-20-12-18-36(24-40(47)28-43(27-39)49(51)52)46(38)58-32-34-15-9-6-10-16-34/h5-20,27-30H,3-4,21-26,31-32H2,1-2H3,(H,51,52)(H,53,54). The lowest BCUT2D eigenvalue weighted by Gasteiger charge is -2.23. The number of carbonyl (C=O) groups is 2. The van der Waals surface area contributed by atoms with Gasteiger partial charge in [0.05, 0.1) is 24.3 Å². The first kappa shape index (κ1) is 39.7. The first-order valence-electron chi connectivity index (χ1n) is 19.9. The molecule has 296 valence electrons. The summed E-state index contributed by atoms with van der Waals surface area (Å²) in [5.41, 5.74) is 8.56. The van der Waals surface area contributed by atoms with Crippen molar-refractivity contribution in [2.75, 3.05) is 13.2 Å². The molecule has 0 heterocycles. The van der Waals surface area contributed by atoms with Crippen molar-refractivity contribution >= 4 is 11.9 Å². The maximum absolute atomic E-state index is 12.8. The first-order valence-corrected chi connectivity index (χ1v) is 19.9. The zero-order valence-electron chi connectivity index (χ0n) is 33.0. The third-order valence-electron chi connectivity index (χ3n) is 10.2. The minimum Gasteiger partial charge on any atom is -0.493 e. The zero-order chi connectivity index (χ0) is 40.4. The van der Waals surface area contributed by atoms with Crippen LogP contribution >= 0.6 is 0 Å². The van der Waals surface area contributed by atoms with Crippen LogP contribution in [0.1, 0.15) is 103 Å². The van der Waals surface area contributed by atoms with Crippen molar-refractivity contribution in [2.24, 2.45) is 0 Å². The van der Waals surface area contributed by atoms with E-state index in [0.29, 0.717) is 75.1 Å². The Morgan fingerprint density at radius 2 is 0.741 bits per heavy atom. The SMILES string of the molecule is CCCOc1c2cc(C(=O)O)cc1Cc1cccc(c1OCc1ccccc1)Cc1cc(C(=O)O)cc(c1OCCC)Cc1cccc(c1OCc1ccccc1)C2. The summed E-state index contributed by atoms with van der Waals surface area (Å²) >= 11 is 0. The van der Waals surface area contributed by atoms with E-state index < -0.39 is 11.9 Å². The molecule has 0 amide bonds. The zero-order valence-corrected chi connectivity index (χ0v) is 33.0. The molecule has 0 aliphatic heterocycles. The van der Waals surface area contributed by atoms with Crippen LogP contribution in [-0.2, 0) is 38.9 Å². The van der Waals surface area contributed by atoms with E-state index in [1.807, 2.05) is 111 Å². The highest BCUT2D eigenvalue weighted by atomic mass is 16.5. The number of hydrogen-bond donors (Lipinski definition) is 2. The Morgan fingerprint density at radius 3 is 1.03 bits per heavy atom. The monoisotopic (exact) mass is 776 g/mol. The van der Waals surface area contributed by atoms with Crippen molar-refractivity contribution in [3.05, 3.63) is 188 Å². The minimum absolute atomic E-state index is 0.162. The lowest BCUT2D eigenvalue weighted by atomic mass is 9.89. The van der Waals surface area contributed by atoms with Gasteiger partial charge in [0, 0.05) is 25.7 Å². The van der Waals surface area contributed by atoms with Gasteiger partial charge in [0.2, 0.25) is 0 Å². The second-order valence-electron chi connectivity index (χ2n) is 14.6. The first-order chi connectivity index (χ1) is 28.3. The molecular weight excluding hydrogens is 729 g/mol. The summed E-state index contributed by atoms with van der Waals surface area (Å²) in [4.78, 5) is 25.5. The fourth-order valence-electron chi connectivity index (χ4n) is 7.54. The molecule has 8 bridgehead atoms. The molecule has 0 saturated heterocycles. The van der Waals surface area contributed by atoms with Crippen molar-refractivity contribution in [1.29, 1.82) is 0 Å². The highest BCUT2D eigenvalue weighted by molar-refractivity contribution is 5.89. The average molecular weight is 777 g/mol. The lowest BCUT2D eigenvalue weighted by Crippen LogP contribution is -2.11. The van der Waals surface area contributed by atoms with Gasteiger partial charge in [-0.25, -0.2) is 9.59 Å². The quantitative estimate of drug-likeness (QED) is 0.112. The van der Waals surface area contributed by atoms with E-state index in [-0.39, 0.29) is 11.1 Å². The molecule has 0 saturated carbocycles. The molecule has 0 spiro atoms. The van der Waals surface area contributed by atoms with Crippen LogP contribution in [0.3, 0.4) is 0 Å². The molecule has 58 heavy (non-hydrogen) atoms. The van der Waals surface area contributed by atoms with Crippen LogP contribution in [0.25, 0.3) is 0 Å². The largest absolute Gasteiger partial charge is 0.493 e. The Hall–Kier alpha value is -6.54. The predicted molar refractivity (Wildman–Crippen MR) is 224 cm³/mol. The summed E-state index contributed by atoms with van der Waals surface area (Å²) < 4.78 is 26.6. The molecule has 0 atom stereocenters. The van der Waals surface area contributed by atoms with Gasteiger partial charge in [-0.3, -0.25) is 0 Å². The van der Waals surface area contributed by atoms with Gasteiger partial charge < -0.3 is 29.2 Å². The second kappa shape index (κ2) is 18.6. The van der Waals surface area contributed by atoms with Crippen LogP contribution in [0.5, 0.6) is 23.0 Å². The van der Waals surface area contributed by atoms with E-state index in [9.17, 15) is 19.8 Å². The molecule has 8 heteroatoms. The molecule has 0 aromatic heterocycles. The van der Waals surface area contributed by atoms with Crippen LogP contribution in [0, 0.1) is 0 Å². The molecule has 6 aromatic carbocycles. The number of carboxylic acids is 2. The molecular formula is C50H48O8. The molecule has 7 rings (SSSR count). The van der Waals surface area contributed by atoms with Gasteiger partial charge in [0.25, 0.3) is 0 Å². The van der Waals surface area contributed by atoms with Gasteiger partial charge in [-0.2, -0.15) is 0 Å². The Bertz CT molecular complexity index is 2130. The number of ether oxygens (including phenoxy) is 4. The van der Waals surface area contributed by atoms with Crippen LogP contribution < -0.4 is 18.9 Å². The normalized spacial score (nSPS) is 12.0. The van der Waals surface area contributed by atoms with Crippen molar-refractivity contribution < 1.29 is 38.7 Å². The van der Waals surface area contributed by atoms with E-state index in [1.165, 1.54) is 0 Å². The van der Waals surface area contributed by atoms with Crippen molar-refractivity contribution in [2.45, 2.75) is 65.6 Å². The Morgan fingerprint density at radius 1 is 0.431 bits per heavy atom. The highest BCUT2D eigenvalue weighted by Crippen LogP contribution is 2.40. The second-order valence-corrected chi connectivity index (χ2v) is 14.6. The fraction of sp³-hybridized carbons (Fsp3) is 0.240. The smallest absolute Gasteiger partial charge is 0.335 e. The Balaban J connectivity index is 1.48. The maximum Gasteiger partial charge on any atom is 0.335 e. The van der Waals surface area contributed by atoms with Crippen LogP contribution in [-0.4, -0.2) is 35.4 Å². The summed E-state index contributed by atoms with van der Waals surface area (Å²) in [6.45, 7) is 5.58. The topological polar surface area (TPSA) is 112 Å². The summed E-state index contributed by atoms with van der Waals surface area (Å²) in [6, 6.07) is 38.5. The number of benzene rings is 6. The van der Waals surface area contributed by atoms with Crippen LogP contribution in [0.4, 0.5) is 0 Å². The van der Waals surface area contributed by atoms with Crippen molar-refractivity contribution in [3.63, 3.8) is 0 Å². The number of hydrogen-bond acceptors (Lipinski definition) is 6. The third-order valence-corrected chi connectivity index (χ3v) is 10.2. The molecule has 8 nitrogen and oxygen atoms in total. The van der Waals surface area contributed by atoms with Gasteiger partial charge in [-0.1, -0.05) is 111 Å². The number of fused-ring (bicyclic) bond motifs is 8. The fourth-order valence-corrected chi connectivity index (χ4v) is 7.54. The van der Waals surface area contributed by atoms with E-state index in [4.69, 9.17) is 18.9 Å². The summed E-state index contributed by atoms with van der Waals surface area (Å²) in [6.07, 6.45) is 2.81. The summed E-state index contributed by atoms with van der Waals surface area (Å²) in [5, 5.41) is 20.9. The van der Waals surface area contributed by atoms with E-state index in [0.717, 1.165) is 68.5 Å². The number of rotatable bonds is 14. The van der Waals surface area contributed by atoms with E-state index in [1.54, 1.807) is 24.3 Å². The van der Waals surface area contributed by atoms with Gasteiger partial charge >= 0.3 is 11.9 Å². The van der Waals surface area contributed by atoms with Gasteiger partial charge in [0.15, 0.2) is 0 Å². The van der Waals surface area contributed by atoms with Gasteiger partial charge in [0.1, 0.15) is 36.2 Å². The van der Waals surface area contributed by atoms with Gasteiger partial charge in [-0.05, 0) is 92.7 Å². The average Bonchev–Trinajstić information content (AvgIpc) is 3.22. The summed E-state index contributed by atoms with van der Waals surface area (Å²) in [5.74, 6) is 0.513. The predicted octanol–water partition coefficient (Wildman–Crippen LogP) is 10.5. The van der Waals surface area contributed by atoms with Crippen LogP contribution in [0.2, 0.25) is 0 Å². The van der Waals surface area contributed by atoms with Crippen molar-refractivity contribution in [1.82, 2.24) is 0 Å². The molecule has 2 N–H and O–H groups in total.